The summed E-state index contributed by atoms with van der Waals surface area (Å²) >= 11 is 0. The van der Waals surface area contributed by atoms with E-state index < -0.39 is 9.85 Å². The number of nitro groups is 2. The molecule has 0 radical (unpaired) electrons. The Morgan fingerprint density at radius 1 is 0.806 bits per heavy atom. The van der Waals surface area contributed by atoms with Crippen molar-refractivity contribution in [2.24, 2.45) is 5.10 Å². The molecule has 1 aliphatic rings. The predicted octanol–water partition coefficient (Wildman–Crippen LogP) is 3.62. The molecule has 0 spiro atoms. The molecule has 3 aromatic carbocycles. The molecule has 11 nitrogen and oxygen atoms in total. The lowest BCUT2D eigenvalue weighted by atomic mass is 10.2. The number of hydrazine groups is 2. The Morgan fingerprint density at radius 3 is 1.81 bits per heavy atom. The number of non-ortho nitro benzene ring substituents is 2. The maximum atomic E-state index is 11.0. The molecule has 0 saturated heterocycles. The smallest absolute Gasteiger partial charge is 0.269 e. The summed E-state index contributed by atoms with van der Waals surface area (Å²) in [6, 6.07) is 19.1. The van der Waals surface area contributed by atoms with Gasteiger partial charge >= 0.3 is 0 Å². The number of anilines is 2. The van der Waals surface area contributed by atoms with E-state index in [1.54, 1.807) is 48.6 Å². The number of rotatable bonds is 6. The van der Waals surface area contributed by atoms with E-state index in [-0.39, 0.29) is 11.4 Å². The standard InChI is InChI=1S/C20H16N6O5/c1-31-19-12-2-14(3-13-19)20-21-23(15-4-8-17(9-5-15)25(27)28)24(22-20)16-6-10-18(11-7-16)26(29)30/h2-13H,1H3,(H,21,22). The Balaban J connectivity index is 1.71. The molecule has 1 aliphatic heterocycles. The molecule has 0 aromatic heterocycles. The monoisotopic (exact) mass is 420 g/mol. The van der Waals surface area contributed by atoms with Crippen molar-refractivity contribution in [1.82, 2.24) is 5.43 Å². The number of amidine groups is 1. The summed E-state index contributed by atoms with van der Waals surface area (Å²) in [5.41, 5.74) is 4.99. The second-order valence-electron chi connectivity index (χ2n) is 6.44. The van der Waals surface area contributed by atoms with Crippen LogP contribution in [0.15, 0.2) is 77.9 Å². The van der Waals surface area contributed by atoms with Gasteiger partial charge in [0.05, 0.1) is 28.3 Å². The Hall–Kier alpha value is -4.67. The zero-order valence-electron chi connectivity index (χ0n) is 16.2. The van der Waals surface area contributed by atoms with E-state index >= 15 is 0 Å². The van der Waals surface area contributed by atoms with Gasteiger partial charge in [0.1, 0.15) is 5.75 Å². The molecule has 3 aromatic rings. The molecule has 0 atom stereocenters. The third kappa shape index (κ3) is 3.92. The number of ether oxygens (including phenoxy) is 1. The van der Waals surface area contributed by atoms with E-state index in [1.807, 2.05) is 12.1 Å². The summed E-state index contributed by atoms with van der Waals surface area (Å²) in [6.07, 6.45) is 0. The molecule has 0 fully saturated rings. The van der Waals surface area contributed by atoms with Crippen LogP contribution in [0.4, 0.5) is 22.7 Å². The van der Waals surface area contributed by atoms with Crippen molar-refractivity contribution >= 4 is 28.6 Å². The fourth-order valence-corrected chi connectivity index (χ4v) is 2.95. The quantitative estimate of drug-likeness (QED) is 0.473. The maximum Gasteiger partial charge on any atom is 0.269 e. The first kappa shape index (κ1) is 19.6. The first-order valence-electron chi connectivity index (χ1n) is 9.05. The Labute approximate surface area is 176 Å². The van der Waals surface area contributed by atoms with Crippen LogP contribution >= 0.6 is 0 Å². The van der Waals surface area contributed by atoms with E-state index in [0.29, 0.717) is 23.0 Å². The van der Waals surface area contributed by atoms with Crippen LogP contribution in [0.1, 0.15) is 5.56 Å². The maximum absolute atomic E-state index is 11.0. The summed E-state index contributed by atoms with van der Waals surface area (Å²) in [4.78, 5) is 21.0. The third-order valence-corrected chi connectivity index (χ3v) is 4.56. The summed E-state index contributed by atoms with van der Waals surface area (Å²) in [5.74, 6) is 1.21. The van der Waals surface area contributed by atoms with Crippen LogP contribution in [0.5, 0.6) is 5.75 Å². The highest BCUT2D eigenvalue weighted by atomic mass is 16.6. The molecule has 0 aliphatic carbocycles. The van der Waals surface area contributed by atoms with Gasteiger partial charge in [-0.05, 0) is 48.5 Å². The minimum Gasteiger partial charge on any atom is -0.497 e. The third-order valence-electron chi connectivity index (χ3n) is 4.56. The van der Waals surface area contributed by atoms with Crippen molar-refractivity contribution < 1.29 is 14.6 Å². The fraction of sp³-hybridized carbons (Fsp3) is 0.0500. The van der Waals surface area contributed by atoms with E-state index in [1.165, 1.54) is 29.4 Å². The highest BCUT2D eigenvalue weighted by molar-refractivity contribution is 6.02. The van der Waals surface area contributed by atoms with Crippen LogP contribution in [0.25, 0.3) is 0 Å². The lowest BCUT2D eigenvalue weighted by molar-refractivity contribution is -0.385. The zero-order chi connectivity index (χ0) is 22.0. The lowest BCUT2D eigenvalue weighted by Gasteiger charge is -2.27. The van der Waals surface area contributed by atoms with Gasteiger partial charge in [-0.1, -0.05) is 0 Å². The van der Waals surface area contributed by atoms with Crippen molar-refractivity contribution in [2.45, 2.75) is 0 Å². The molecule has 11 heteroatoms. The summed E-state index contributed by atoms with van der Waals surface area (Å²) in [5, 5.41) is 29.6. The number of nitro benzene ring substituents is 2. The fourth-order valence-electron chi connectivity index (χ4n) is 2.95. The molecule has 1 N–H and O–H groups in total. The second kappa shape index (κ2) is 7.99. The van der Waals surface area contributed by atoms with E-state index in [2.05, 4.69) is 10.5 Å². The van der Waals surface area contributed by atoms with Crippen molar-refractivity contribution in [1.29, 1.82) is 0 Å². The van der Waals surface area contributed by atoms with Crippen molar-refractivity contribution in [3.63, 3.8) is 0 Å². The van der Waals surface area contributed by atoms with Crippen LogP contribution in [0, 0.1) is 20.2 Å². The van der Waals surface area contributed by atoms with Gasteiger partial charge in [0.25, 0.3) is 11.4 Å². The van der Waals surface area contributed by atoms with Crippen molar-refractivity contribution in [2.75, 3.05) is 17.3 Å². The number of hydrogen-bond donors (Lipinski definition) is 1. The molecular weight excluding hydrogens is 404 g/mol. The molecule has 0 amide bonds. The lowest BCUT2D eigenvalue weighted by Crippen LogP contribution is -2.44. The van der Waals surface area contributed by atoms with Gasteiger partial charge < -0.3 is 4.74 Å². The predicted molar refractivity (Wildman–Crippen MR) is 114 cm³/mol. The van der Waals surface area contributed by atoms with Crippen LogP contribution in [-0.4, -0.2) is 22.8 Å². The number of methoxy groups -OCH3 is 1. The van der Waals surface area contributed by atoms with Crippen LogP contribution < -0.4 is 20.4 Å². The largest absolute Gasteiger partial charge is 0.497 e. The highest BCUT2D eigenvalue weighted by Gasteiger charge is 2.27. The van der Waals surface area contributed by atoms with Gasteiger partial charge in [-0.2, -0.15) is 10.2 Å². The van der Waals surface area contributed by atoms with Gasteiger partial charge in [-0.3, -0.25) is 25.7 Å². The molecule has 4 rings (SSSR count). The van der Waals surface area contributed by atoms with Gasteiger partial charge in [-0.15, -0.1) is 5.10 Å². The van der Waals surface area contributed by atoms with Gasteiger partial charge in [0.15, 0.2) is 5.84 Å². The Morgan fingerprint density at radius 2 is 1.32 bits per heavy atom. The molecule has 1 heterocycles. The molecular formula is C20H16N6O5. The summed E-state index contributed by atoms with van der Waals surface area (Å²) in [7, 11) is 1.58. The normalized spacial score (nSPS) is 12.9. The van der Waals surface area contributed by atoms with Gasteiger partial charge in [0, 0.05) is 29.8 Å². The minimum absolute atomic E-state index is 0.0406. The number of benzene rings is 3. The van der Waals surface area contributed by atoms with Crippen LogP contribution in [-0.2, 0) is 0 Å². The molecule has 0 bridgehead atoms. The van der Waals surface area contributed by atoms with Gasteiger partial charge in [-0.25, -0.2) is 0 Å². The van der Waals surface area contributed by atoms with Crippen LogP contribution in [0.2, 0.25) is 0 Å². The van der Waals surface area contributed by atoms with Crippen LogP contribution in [0.3, 0.4) is 0 Å². The number of hydrogen-bond acceptors (Lipinski definition) is 9. The molecule has 0 unspecified atom stereocenters. The SMILES string of the molecule is COc1ccc(C2=NN(c3ccc([N+](=O)[O-])cc3)N(c3ccc([N+](=O)[O-])cc3)N2)cc1. The average molecular weight is 420 g/mol. The first-order valence-corrected chi connectivity index (χ1v) is 9.05. The van der Waals surface area contributed by atoms with Crippen molar-refractivity contribution in [3.8, 4) is 5.75 Å². The number of nitrogens with zero attached hydrogens (tertiary/aromatic N) is 5. The summed E-state index contributed by atoms with van der Waals surface area (Å²) in [6.45, 7) is 0. The topological polar surface area (TPSA) is 126 Å². The first-order chi connectivity index (χ1) is 15.0. The van der Waals surface area contributed by atoms with Crippen molar-refractivity contribution in [3.05, 3.63) is 98.6 Å². The van der Waals surface area contributed by atoms with Gasteiger partial charge in [0.2, 0.25) is 0 Å². The highest BCUT2D eigenvalue weighted by Crippen LogP contribution is 2.28. The second-order valence-corrected chi connectivity index (χ2v) is 6.44. The van der Waals surface area contributed by atoms with E-state index in [9.17, 15) is 20.2 Å². The minimum atomic E-state index is -0.480. The zero-order valence-corrected chi connectivity index (χ0v) is 16.2. The molecule has 31 heavy (non-hydrogen) atoms. The number of hydrazone groups is 1. The molecule has 156 valence electrons. The Kier molecular flexibility index (Phi) is 5.06. The Bertz CT molecular complexity index is 1150. The molecule has 0 saturated carbocycles. The van der Waals surface area contributed by atoms with E-state index in [4.69, 9.17) is 4.74 Å². The summed E-state index contributed by atoms with van der Waals surface area (Å²) < 4.78 is 5.18. The number of nitrogens with one attached hydrogen (secondary N) is 1. The average Bonchev–Trinajstić information content (AvgIpc) is 3.24. The van der Waals surface area contributed by atoms with E-state index in [0.717, 1.165) is 5.56 Å².